The van der Waals surface area contributed by atoms with E-state index in [0.29, 0.717) is 17.1 Å². The van der Waals surface area contributed by atoms with Gasteiger partial charge in [0, 0.05) is 5.69 Å². The first-order valence-corrected chi connectivity index (χ1v) is 11.1. The smallest absolute Gasteiger partial charge is 0.262 e. The summed E-state index contributed by atoms with van der Waals surface area (Å²) in [5.41, 5.74) is 1.64. The summed E-state index contributed by atoms with van der Waals surface area (Å²) >= 11 is 3.52. The first kappa shape index (κ1) is 20.2. The summed E-state index contributed by atoms with van der Waals surface area (Å²) < 4.78 is 31.8. The van der Waals surface area contributed by atoms with Gasteiger partial charge in [0.15, 0.2) is 6.61 Å². The third kappa shape index (κ3) is 5.02. The second-order valence-electron chi connectivity index (χ2n) is 6.34. The summed E-state index contributed by atoms with van der Waals surface area (Å²) in [5, 5.41) is 4.77. The zero-order valence-corrected chi connectivity index (χ0v) is 17.7. The number of ether oxygens (including phenoxy) is 1. The number of halogens is 1. The van der Waals surface area contributed by atoms with Crippen molar-refractivity contribution < 1.29 is 17.9 Å². The van der Waals surface area contributed by atoms with Crippen LogP contribution in [0.3, 0.4) is 0 Å². The van der Waals surface area contributed by atoms with Crippen LogP contribution in [0.1, 0.15) is 5.56 Å². The number of carbonyl (C=O) groups is 1. The molecular weight excluding hydrogens is 444 g/mol. The molecule has 0 unspecified atom stereocenters. The number of carbonyl (C=O) groups excluding carboxylic acids is 1. The van der Waals surface area contributed by atoms with Crippen LogP contribution < -0.4 is 14.8 Å². The molecule has 8 heteroatoms. The Balaban J connectivity index is 1.68. The van der Waals surface area contributed by atoms with E-state index in [4.69, 9.17) is 4.74 Å². The van der Waals surface area contributed by atoms with Gasteiger partial charge >= 0.3 is 0 Å². The molecule has 0 radical (unpaired) electrons. The summed E-state index contributed by atoms with van der Waals surface area (Å²) in [4.78, 5) is 12.3. The number of rotatable bonds is 6. The topological polar surface area (TPSA) is 84.5 Å². The van der Waals surface area contributed by atoms with E-state index in [0.717, 1.165) is 27.1 Å². The molecule has 0 aliphatic carbocycles. The molecule has 1 amide bonds. The van der Waals surface area contributed by atoms with Crippen molar-refractivity contribution in [2.75, 3.05) is 22.9 Å². The van der Waals surface area contributed by atoms with Gasteiger partial charge < -0.3 is 10.1 Å². The Bertz CT molecular complexity index is 1150. The van der Waals surface area contributed by atoms with Gasteiger partial charge in [-0.05, 0) is 57.4 Å². The normalized spacial score (nSPS) is 11.2. The second-order valence-corrected chi connectivity index (χ2v) is 8.88. The van der Waals surface area contributed by atoms with E-state index < -0.39 is 10.0 Å². The Hall–Kier alpha value is -2.58. The number of anilines is 2. The van der Waals surface area contributed by atoms with Gasteiger partial charge in [0.05, 0.1) is 16.4 Å². The predicted molar refractivity (Wildman–Crippen MR) is 115 cm³/mol. The first-order valence-electron chi connectivity index (χ1n) is 8.41. The molecule has 28 heavy (non-hydrogen) atoms. The van der Waals surface area contributed by atoms with E-state index in [1.54, 1.807) is 31.2 Å². The molecule has 3 aromatic carbocycles. The maximum atomic E-state index is 12.3. The number of benzene rings is 3. The highest BCUT2D eigenvalue weighted by molar-refractivity contribution is 9.10. The number of aryl methyl sites for hydroxylation is 1. The molecule has 3 aromatic rings. The van der Waals surface area contributed by atoms with Crippen molar-refractivity contribution in [1.29, 1.82) is 0 Å². The molecule has 0 bridgehead atoms. The van der Waals surface area contributed by atoms with Crippen LogP contribution in [0.25, 0.3) is 10.8 Å². The van der Waals surface area contributed by atoms with Crippen LogP contribution in [0.2, 0.25) is 0 Å². The van der Waals surface area contributed by atoms with Crippen LogP contribution in [0.4, 0.5) is 11.4 Å². The Morgan fingerprint density at radius 2 is 1.86 bits per heavy atom. The van der Waals surface area contributed by atoms with Crippen LogP contribution in [0.5, 0.6) is 5.75 Å². The summed E-state index contributed by atoms with van der Waals surface area (Å²) in [5.74, 6) is 0.214. The Labute approximate surface area is 172 Å². The van der Waals surface area contributed by atoms with Gasteiger partial charge in [0.1, 0.15) is 5.75 Å². The van der Waals surface area contributed by atoms with E-state index in [-0.39, 0.29) is 12.5 Å². The summed E-state index contributed by atoms with van der Waals surface area (Å²) in [6, 6.07) is 16.6. The lowest BCUT2D eigenvalue weighted by Crippen LogP contribution is -2.20. The third-order valence-corrected chi connectivity index (χ3v) is 5.41. The van der Waals surface area contributed by atoms with E-state index >= 15 is 0 Å². The van der Waals surface area contributed by atoms with Gasteiger partial charge in [-0.25, -0.2) is 8.42 Å². The fourth-order valence-corrected chi connectivity index (χ4v) is 3.90. The molecule has 3 rings (SSSR count). The van der Waals surface area contributed by atoms with Crippen molar-refractivity contribution in [2.45, 2.75) is 6.92 Å². The average Bonchev–Trinajstić information content (AvgIpc) is 2.63. The molecule has 0 aromatic heterocycles. The molecule has 0 heterocycles. The zero-order valence-electron chi connectivity index (χ0n) is 15.3. The maximum absolute atomic E-state index is 12.3. The largest absolute Gasteiger partial charge is 0.483 e. The van der Waals surface area contributed by atoms with E-state index in [9.17, 15) is 13.2 Å². The van der Waals surface area contributed by atoms with E-state index in [1.807, 2.05) is 30.3 Å². The van der Waals surface area contributed by atoms with Gasteiger partial charge in [0.25, 0.3) is 5.91 Å². The molecule has 0 aliphatic rings. The number of hydrogen-bond donors (Lipinski definition) is 2. The standard InChI is InChI=1S/C20H19BrN2O4S/c1-13-7-9-15(11-17(13)23-28(2,25)26)22-19(24)12-27-18-10-8-14-5-3-4-6-16(14)20(18)21/h3-11,23H,12H2,1-2H3,(H,22,24). The van der Waals surface area contributed by atoms with Crippen LogP contribution >= 0.6 is 15.9 Å². The van der Waals surface area contributed by atoms with Crippen LogP contribution in [0, 0.1) is 6.92 Å². The lowest BCUT2D eigenvalue weighted by Gasteiger charge is -2.12. The van der Waals surface area contributed by atoms with Crippen molar-refractivity contribution >= 4 is 54.0 Å². The quantitative estimate of drug-likeness (QED) is 0.571. The molecule has 0 saturated heterocycles. The van der Waals surface area contributed by atoms with Crippen LogP contribution in [-0.2, 0) is 14.8 Å². The maximum Gasteiger partial charge on any atom is 0.262 e. The third-order valence-electron chi connectivity index (χ3n) is 4.00. The molecule has 2 N–H and O–H groups in total. The molecule has 6 nitrogen and oxygen atoms in total. The minimum absolute atomic E-state index is 0.181. The van der Waals surface area contributed by atoms with Crippen molar-refractivity contribution in [3.05, 3.63) is 64.6 Å². The van der Waals surface area contributed by atoms with Gasteiger partial charge in [-0.2, -0.15) is 0 Å². The molecule has 0 spiro atoms. The van der Waals surface area contributed by atoms with E-state index in [1.165, 1.54) is 0 Å². The Kier molecular flexibility index (Phi) is 5.90. The SMILES string of the molecule is Cc1ccc(NC(=O)COc2ccc3ccccc3c2Br)cc1NS(C)(=O)=O. The van der Waals surface area contributed by atoms with Gasteiger partial charge in [0.2, 0.25) is 10.0 Å². The molecule has 0 fully saturated rings. The highest BCUT2D eigenvalue weighted by Crippen LogP contribution is 2.33. The van der Waals surface area contributed by atoms with E-state index in [2.05, 4.69) is 26.0 Å². The zero-order chi connectivity index (χ0) is 20.3. The monoisotopic (exact) mass is 462 g/mol. The van der Waals surface area contributed by atoms with Gasteiger partial charge in [-0.1, -0.05) is 36.4 Å². The highest BCUT2D eigenvalue weighted by atomic mass is 79.9. The fourth-order valence-electron chi connectivity index (χ4n) is 2.67. The summed E-state index contributed by atoms with van der Waals surface area (Å²) in [6.45, 7) is 1.60. The number of fused-ring (bicyclic) bond motifs is 1. The minimum atomic E-state index is -3.41. The molecule has 0 atom stereocenters. The number of amides is 1. The van der Waals surface area contributed by atoms with Crippen LogP contribution in [-0.4, -0.2) is 27.2 Å². The summed E-state index contributed by atoms with van der Waals surface area (Å²) in [7, 11) is -3.41. The second kappa shape index (κ2) is 8.20. The minimum Gasteiger partial charge on any atom is -0.483 e. The number of nitrogens with one attached hydrogen (secondary N) is 2. The van der Waals surface area contributed by atoms with Crippen molar-refractivity contribution in [2.24, 2.45) is 0 Å². The van der Waals surface area contributed by atoms with Gasteiger partial charge in [-0.15, -0.1) is 0 Å². The Morgan fingerprint density at radius 1 is 1.11 bits per heavy atom. The molecule has 146 valence electrons. The van der Waals surface area contributed by atoms with Crippen molar-refractivity contribution in [1.82, 2.24) is 0 Å². The molecule has 0 saturated carbocycles. The fraction of sp³-hybridized carbons (Fsp3) is 0.150. The number of hydrogen-bond acceptors (Lipinski definition) is 4. The van der Waals surface area contributed by atoms with Crippen molar-refractivity contribution in [3.63, 3.8) is 0 Å². The predicted octanol–water partition coefficient (Wildman–Crippen LogP) is 4.30. The first-order chi connectivity index (χ1) is 13.2. The summed E-state index contributed by atoms with van der Waals surface area (Å²) in [6.07, 6.45) is 1.08. The number of sulfonamides is 1. The highest BCUT2D eigenvalue weighted by Gasteiger charge is 2.11. The van der Waals surface area contributed by atoms with Crippen molar-refractivity contribution in [3.8, 4) is 5.75 Å². The lowest BCUT2D eigenvalue weighted by molar-refractivity contribution is -0.118. The van der Waals surface area contributed by atoms with Crippen LogP contribution in [0.15, 0.2) is 59.1 Å². The van der Waals surface area contributed by atoms with Gasteiger partial charge in [-0.3, -0.25) is 9.52 Å². The molecule has 0 aliphatic heterocycles. The molecular formula is C20H19BrN2O4S. The average molecular weight is 463 g/mol. The Morgan fingerprint density at radius 3 is 2.61 bits per heavy atom. The lowest BCUT2D eigenvalue weighted by atomic mass is 10.1.